The van der Waals surface area contributed by atoms with Crippen molar-refractivity contribution in [2.45, 2.75) is 6.92 Å². The van der Waals surface area contributed by atoms with Gasteiger partial charge in [-0.15, -0.1) is 0 Å². The molecule has 0 saturated carbocycles. The number of para-hydroxylation sites is 2. The number of benzene rings is 3. The lowest BCUT2D eigenvalue weighted by atomic mass is 10.00. The number of carboxylic acid groups (broad SMARTS) is 2. The van der Waals surface area contributed by atoms with Gasteiger partial charge < -0.3 is 19.7 Å². The summed E-state index contributed by atoms with van der Waals surface area (Å²) >= 11 is 0. The minimum atomic E-state index is -1.31. The number of carboxylic acids is 2. The van der Waals surface area contributed by atoms with E-state index in [1.807, 2.05) is 0 Å². The first kappa shape index (κ1) is 18.0. The van der Waals surface area contributed by atoms with Crippen LogP contribution in [0, 0.1) is 6.92 Å². The number of carbonyl (C=O) groups is 2. The van der Waals surface area contributed by atoms with E-state index in [0.29, 0.717) is 11.5 Å². The molecule has 136 valence electrons. The van der Waals surface area contributed by atoms with Gasteiger partial charge in [-0.05, 0) is 42.8 Å². The van der Waals surface area contributed by atoms with Crippen molar-refractivity contribution < 1.29 is 29.3 Å². The Balaban J connectivity index is 2.21. The molecule has 0 saturated heterocycles. The lowest BCUT2D eigenvalue weighted by molar-refractivity contribution is 0.0692. The second-order valence-electron chi connectivity index (χ2n) is 5.69. The van der Waals surface area contributed by atoms with Gasteiger partial charge in [-0.3, -0.25) is 0 Å². The van der Waals surface area contributed by atoms with E-state index < -0.39 is 11.9 Å². The Hall–Kier alpha value is -3.80. The van der Waals surface area contributed by atoms with Crippen LogP contribution in [0.2, 0.25) is 0 Å². The van der Waals surface area contributed by atoms with Gasteiger partial charge in [0, 0.05) is 0 Å². The van der Waals surface area contributed by atoms with Crippen molar-refractivity contribution in [2.24, 2.45) is 0 Å². The summed E-state index contributed by atoms with van der Waals surface area (Å²) in [5.74, 6) is -1.78. The Morgan fingerprint density at radius 1 is 0.778 bits per heavy atom. The number of hydrogen-bond acceptors (Lipinski definition) is 4. The molecule has 27 heavy (non-hydrogen) atoms. The fraction of sp³-hybridized carbons (Fsp3) is 0.0476. The molecule has 0 bridgehead atoms. The Bertz CT molecular complexity index is 981. The van der Waals surface area contributed by atoms with Crippen molar-refractivity contribution in [1.29, 1.82) is 0 Å². The smallest absolute Gasteiger partial charge is 0.339 e. The molecule has 0 radical (unpaired) electrons. The van der Waals surface area contributed by atoms with Crippen LogP contribution in [0.5, 0.6) is 23.0 Å². The first-order chi connectivity index (χ1) is 13.0. The third-order valence-corrected chi connectivity index (χ3v) is 3.88. The molecule has 3 aromatic rings. The van der Waals surface area contributed by atoms with Gasteiger partial charge in [0.05, 0.1) is 5.56 Å². The van der Waals surface area contributed by atoms with E-state index in [4.69, 9.17) is 9.47 Å². The second-order valence-corrected chi connectivity index (χ2v) is 5.69. The van der Waals surface area contributed by atoms with Crippen LogP contribution < -0.4 is 9.47 Å². The van der Waals surface area contributed by atoms with Gasteiger partial charge in [-0.1, -0.05) is 36.4 Å². The topological polar surface area (TPSA) is 93.1 Å². The summed E-state index contributed by atoms with van der Waals surface area (Å²) in [6.07, 6.45) is 0. The van der Waals surface area contributed by atoms with Crippen molar-refractivity contribution in [1.82, 2.24) is 0 Å². The van der Waals surface area contributed by atoms with Crippen LogP contribution in [0.25, 0.3) is 0 Å². The van der Waals surface area contributed by atoms with Crippen LogP contribution in [0.3, 0.4) is 0 Å². The van der Waals surface area contributed by atoms with E-state index in [1.165, 1.54) is 13.0 Å². The predicted octanol–water partition coefficient (Wildman–Crippen LogP) is 4.98. The fourth-order valence-electron chi connectivity index (χ4n) is 2.61. The quantitative estimate of drug-likeness (QED) is 0.641. The SMILES string of the molecule is Cc1c(C(=O)O)cc(Oc2ccccc2)c(Oc2ccccc2)c1C(=O)O. The molecule has 0 unspecified atom stereocenters. The molecule has 6 heteroatoms. The summed E-state index contributed by atoms with van der Waals surface area (Å²) in [5.41, 5.74) is -0.343. The van der Waals surface area contributed by atoms with Gasteiger partial charge in [0.15, 0.2) is 11.5 Å². The largest absolute Gasteiger partial charge is 0.478 e. The fourth-order valence-corrected chi connectivity index (χ4v) is 2.61. The van der Waals surface area contributed by atoms with Gasteiger partial charge in [0.2, 0.25) is 0 Å². The van der Waals surface area contributed by atoms with Crippen molar-refractivity contribution >= 4 is 11.9 Å². The number of ether oxygens (including phenoxy) is 2. The van der Waals surface area contributed by atoms with E-state index >= 15 is 0 Å². The average Bonchev–Trinajstić information content (AvgIpc) is 2.65. The number of rotatable bonds is 6. The van der Waals surface area contributed by atoms with Crippen LogP contribution in [0.15, 0.2) is 66.7 Å². The summed E-state index contributed by atoms with van der Waals surface area (Å²) in [6.45, 7) is 1.43. The van der Waals surface area contributed by atoms with Gasteiger partial charge in [0.25, 0.3) is 0 Å². The second kappa shape index (κ2) is 7.61. The van der Waals surface area contributed by atoms with E-state index in [2.05, 4.69) is 0 Å². The maximum atomic E-state index is 11.9. The highest BCUT2D eigenvalue weighted by molar-refractivity contribution is 6.00. The van der Waals surface area contributed by atoms with E-state index in [-0.39, 0.29) is 28.2 Å². The molecule has 0 heterocycles. The number of hydrogen-bond donors (Lipinski definition) is 2. The molecule has 0 spiro atoms. The monoisotopic (exact) mass is 364 g/mol. The molecule has 0 atom stereocenters. The standard InChI is InChI=1S/C21H16O6/c1-13-16(20(22)23)12-17(26-14-8-4-2-5-9-14)19(18(13)21(24)25)27-15-10-6-3-7-11-15/h2-12H,1H3,(H,22,23)(H,24,25). The minimum absolute atomic E-state index is 0.00505. The lowest BCUT2D eigenvalue weighted by Crippen LogP contribution is -2.10. The molecule has 0 fully saturated rings. The zero-order valence-corrected chi connectivity index (χ0v) is 14.4. The first-order valence-corrected chi connectivity index (χ1v) is 8.07. The molecule has 0 amide bonds. The van der Waals surface area contributed by atoms with Crippen LogP contribution >= 0.6 is 0 Å². The molecule has 0 aliphatic carbocycles. The highest BCUT2D eigenvalue weighted by atomic mass is 16.5. The van der Waals surface area contributed by atoms with E-state index in [1.54, 1.807) is 60.7 Å². The molecular formula is C21H16O6. The maximum Gasteiger partial charge on any atom is 0.339 e. The third-order valence-electron chi connectivity index (χ3n) is 3.88. The molecular weight excluding hydrogens is 348 g/mol. The Morgan fingerprint density at radius 3 is 1.78 bits per heavy atom. The van der Waals surface area contributed by atoms with Crippen molar-refractivity contribution in [3.8, 4) is 23.0 Å². The molecule has 0 aromatic heterocycles. The number of aromatic carboxylic acids is 2. The van der Waals surface area contributed by atoms with Crippen LogP contribution in [-0.2, 0) is 0 Å². The van der Waals surface area contributed by atoms with E-state index in [0.717, 1.165) is 0 Å². The van der Waals surface area contributed by atoms with Crippen molar-refractivity contribution in [2.75, 3.05) is 0 Å². The Morgan fingerprint density at radius 2 is 1.30 bits per heavy atom. The first-order valence-electron chi connectivity index (χ1n) is 8.07. The van der Waals surface area contributed by atoms with E-state index in [9.17, 15) is 19.8 Å². The zero-order valence-electron chi connectivity index (χ0n) is 14.4. The van der Waals surface area contributed by atoms with Crippen molar-refractivity contribution in [3.63, 3.8) is 0 Å². The molecule has 6 nitrogen and oxygen atoms in total. The predicted molar refractivity (Wildman–Crippen MR) is 98.1 cm³/mol. The molecule has 3 rings (SSSR count). The summed E-state index contributed by atoms with van der Waals surface area (Å²) in [4.78, 5) is 23.5. The average molecular weight is 364 g/mol. The molecule has 3 aromatic carbocycles. The summed E-state index contributed by atoms with van der Waals surface area (Å²) < 4.78 is 11.6. The van der Waals surface area contributed by atoms with Crippen LogP contribution in [-0.4, -0.2) is 22.2 Å². The Kier molecular flexibility index (Phi) is 5.08. The summed E-state index contributed by atoms with van der Waals surface area (Å²) in [7, 11) is 0. The van der Waals surface area contributed by atoms with Gasteiger partial charge in [-0.2, -0.15) is 0 Å². The summed E-state index contributed by atoms with van der Waals surface area (Å²) in [5, 5.41) is 19.1. The maximum absolute atomic E-state index is 11.9. The molecule has 0 aliphatic heterocycles. The molecule has 0 aliphatic rings. The zero-order chi connectivity index (χ0) is 19.4. The van der Waals surface area contributed by atoms with Gasteiger partial charge in [-0.25, -0.2) is 9.59 Å². The van der Waals surface area contributed by atoms with Crippen LogP contribution in [0.1, 0.15) is 26.3 Å². The molecule has 2 N–H and O–H groups in total. The highest BCUT2D eigenvalue weighted by Gasteiger charge is 2.26. The van der Waals surface area contributed by atoms with Gasteiger partial charge in [0.1, 0.15) is 17.1 Å². The Labute approximate surface area is 155 Å². The van der Waals surface area contributed by atoms with Crippen molar-refractivity contribution in [3.05, 3.63) is 83.4 Å². The normalized spacial score (nSPS) is 10.3. The third kappa shape index (κ3) is 3.90. The highest BCUT2D eigenvalue weighted by Crippen LogP contribution is 2.41. The lowest BCUT2D eigenvalue weighted by Gasteiger charge is -2.18. The van der Waals surface area contributed by atoms with Gasteiger partial charge >= 0.3 is 11.9 Å². The minimum Gasteiger partial charge on any atom is -0.478 e. The van der Waals surface area contributed by atoms with Crippen LogP contribution in [0.4, 0.5) is 0 Å². The summed E-state index contributed by atoms with van der Waals surface area (Å²) in [6, 6.07) is 18.5.